The predicted molar refractivity (Wildman–Crippen MR) is 59.2 cm³/mol. The Balaban J connectivity index is 2.37. The number of Topliss-reactive ketones (excluding diaryl/α,β-unsaturated/α-hetero) is 1. The number of rotatable bonds is 4. The second-order valence-electron chi connectivity index (χ2n) is 4.82. The lowest BCUT2D eigenvalue weighted by Crippen LogP contribution is -2.31. The van der Waals surface area contributed by atoms with E-state index < -0.39 is 0 Å². The summed E-state index contributed by atoms with van der Waals surface area (Å²) in [5, 5.41) is 3.08. The van der Waals surface area contributed by atoms with Crippen LogP contribution in [0.2, 0.25) is 0 Å². The molecular weight excluding hydrogens is 174 g/mol. The van der Waals surface area contributed by atoms with Crippen LogP contribution in [-0.2, 0) is 4.79 Å². The van der Waals surface area contributed by atoms with Crippen molar-refractivity contribution in [3.63, 3.8) is 0 Å². The van der Waals surface area contributed by atoms with Gasteiger partial charge in [-0.1, -0.05) is 26.7 Å². The topological polar surface area (TPSA) is 29.1 Å². The molecule has 1 unspecified atom stereocenters. The number of ketones is 1. The Hall–Kier alpha value is -0.370. The van der Waals surface area contributed by atoms with Crippen LogP contribution in [0.1, 0.15) is 39.5 Å². The molecule has 1 rings (SSSR count). The Bertz CT molecular complexity index is 183. The summed E-state index contributed by atoms with van der Waals surface area (Å²) in [6, 6.07) is 0. The lowest BCUT2D eigenvalue weighted by molar-refractivity contribution is -0.127. The van der Waals surface area contributed by atoms with Crippen LogP contribution < -0.4 is 5.32 Å². The Labute approximate surface area is 87.5 Å². The van der Waals surface area contributed by atoms with E-state index in [-0.39, 0.29) is 5.92 Å². The van der Waals surface area contributed by atoms with Gasteiger partial charge in [-0.2, -0.15) is 0 Å². The number of carbonyl (C=O) groups is 1. The molecule has 0 aromatic rings. The van der Waals surface area contributed by atoms with Gasteiger partial charge >= 0.3 is 0 Å². The molecule has 1 aliphatic rings. The molecule has 0 spiro atoms. The standard InChI is InChI=1S/C12H23NO/c1-9-4-6-11(7-5-9)12(14)10(2)8-13-3/h9-11,13H,4-8H2,1-3H3. The molecule has 0 bridgehead atoms. The smallest absolute Gasteiger partial charge is 0.140 e. The van der Waals surface area contributed by atoms with Crippen LogP contribution in [0.15, 0.2) is 0 Å². The summed E-state index contributed by atoms with van der Waals surface area (Å²) in [7, 11) is 1.91. The van der Waals surface area contributed by atoms with Gasteiger partial charge in [0.25, 0.3) is 0 Å². The van der Waals surface area contributed by atoms with E-state index in [9.17, 15) is 4.79 Å². The molecule has 0 aliphatic heterocycles. The summed E-state index contributed by atoms with van der Waals surface area (Å²) in [6.07, 6.45) is 4.72. The minimum Gasteiger partial charge on any atom is -0.319 e. The van der Waals surface area contributed by atoms with Gasteiger partial charge in [-0.15, -0.1) is 0 Å². The maximum Gasteiger partial charge on any atom is 0.140 e. The van der Waals surface area contributed by atoms with Gasteiger partial charge < -0.3 is 5.32 Å². The van der Waals surface area contributed by atoms with Gasteiger partial charge in [-0.25, -0.2) is 0 Å². The Kier molecular flexibility index (Phi) is 4.59. The van der Waals surface area contributed by atoms with Gasteiger partial charge in [-0.3, -0.25) is 4.79 Å². The van der Waals surface area contributed by atoms with Crippen molar-refractivity contribution in [2.75, 3.05) is 13.6 Å². The lowest BCUT2D eigenvalue weighted by atomic mass is 9.78. The van der Waals surface area contributed by atoms with Gasteiger partial charge in [0.2, 0.25) is 0 Å². The van der Waals surface area contributed by atoms with Crippen LogP contribution in [0.25, 0.3) is 0 Å². The van der Waals surface area contributed by atoms with E-state index in [1.807, 2.05) is 14.0 Å². The second kappa shape index (κ2) is 5.50. The van der Waals surface area contributed by atoms with Crippen LogP contribution in [0, 0.1) is 17.8 Å². The van der Waals surface area contributed by atoms with Crippen molar-refractivity contribution in [2.24, 2.45) is 17.8 Å². The number of carbonyl (C=O) groups excluding carboxylic acids is 1. The molecule has 0 aromatic carbocycles. The van der Waals surface area contributed by atoms with Crippen molar-refractivity contribution in [1.29, 1.82) is 0 Å². The molecule has 2 nitrogen and oxygen atoms in total. The molecule has 1 atom stereocenters. The zero-order valence-corrected chi connectivity index (χ0v) is 9.68. The van der Waals surface area contributed by atoms with Crippen LogP contribution in [0.3, 0.4) is 0 Å². The molecule has 0 heterocycles. The molecule has 0 aromatic heterocycles. The molecule has 82 valence electrons. The maximum atomic E-state index is 12.0. The normalized spacial score (nSPS) is 29.9. The average molecular weight is 197 g/mol. The van der Waals surface area contributed by atoms with Crippen molar-refractivity contribution in [3.8, 4) is 0 Å². The monoisotopic (exact) mass is 197 g/mol. The molecule has 0 radical (unpaired) electrons. The molecule has 0 saturated heterocycles. The number of nitrogens with one attached hydrogen (secondary N) is 1. The Morgan fingerprint density at radius 1 is 1.36 bits per heavy atom. The van der Waals surface area contributed by atoms with Gasteiger partial charge in [0, 0.05) is 18.4 Å². The zero-order chi connectivity index (χ0) is 10.6. The fourth-order valence-electron chi connectivity index (χ4n) is 2.35. The molecule has 2 heteroatoms. The van der Waals surface area contributed by atoms with Gasteiger partial charge in [0.1, 0.15) is 5.78 Å². The van der Waals surface area contributed by atoms with E-state index in [0.29, 0.717) is 11.7 Å². The van der Waals surface area contributed by atoms with Crippen molar-refractivity contribution < 1.29 is 4.79 Å². The van der Waals surface area contributed by atoms with E-state index in [2.05, 4.69) is 12.2 Å². The van der Waals surface area contributed by atoms with Crippen molar-refractivity contribution in [1.82, 2.24) is 5.32 Å². The van der Waals surface area contributed by atoms with Crippen LogP contribution in [-0.4, -0.2) is 19.4 Å². The molecule has 1 N–H and O–H groups in total. The van der Waals surface area contributed by atoms with Gasteiger partial charge in [0.05, 0.1) is 0 Å². The Morgan fingerprint density at radius 3 is 2.43 bits per heavy atom. The largest absolute Gasteiger partial charge is 0.319 e. The summed E-state index contributed by atoms with van der Waals surface area (Å²) in [6.45, 7) is 5.15. The van der Waals surface area contributed by atoms with Crippen LogP contribution in [0.5, 0.6) is 0 Å². The van der Waals surface area contributed by atoms with Crippen LogP contribution in [0.4, 0.5) is 0 Å². The average Bonchev–Trinajstić information content (AvgIpc) is 2.18. The minimum atomic E-state index is 0.193. The molecular formula is C12H23NO. The van der Waals surface area contributed by atoms with Crippen molar-refractivity contribution in [3.05, 3.63) is 0 Å². The highest BCUT2D eigenvalue weighted by molar-refractivity contribution is 5.83. The van der Waals surface area contributed by atoms with E-state index in [0.717, 1.165) is 25.3 Å². The number of hydrogen-bond acceptors (Lipinski definition) is 2. The summed E-state index contributed by atoms with van der Waals surface area (Å²) in [4.78, 5) is 12.0. The summed E-state index contributed by atoms with van der Waals surface area (Å²) >= 11 is 0. The van der Waals surface area contributed by atoms with E-state index >= 15 is 0 Å². The van der Waals surface area contributed by atoms with E-state index in [1.165, 1.54) is 12.8 Å². The highest BCUT2D eigenvalue weighted by Crippen LogP contribution is 2.30. The van der Waals surface area contributed by atoms with Crippen molar-refractivity contribution >= 4 is 5.78 Å². The van der Waals surface area contributed by atoms with E-state index in [1.54, 1.807) is 0 Å². The molecule has 1 fully saturated rings. The first-order valence-electron chi connectivity index (χ1n) is 5.83. The summed E-state index contributed by atoms with van der Waals surface area (Å²) in [5.74, 6) is 1.86. The SMILES string of the molecule is CNCC(C)C(=O)C1CCC(C)CC1. The van der Waals surface area contributed by atoms with Crippen LogP contribution >= 0.6 is 0 Å². The molecule has 0 amide bonds. The number of hydrogen-bond donors (Lipinski definition) is 1. The third-order valence-corrected chi connectivity index (χ3v) is 3.41. The first-order valence-corrected chi connectivity index (χ1v) is 5.83. The molecule has 1 saturated carbocycles. The second-order valence-corrected chi connectivity index (χ2v) is 4.82. The van der Waals surface area contributed by atoms with Crippen molar-refractivity contribution in [2.45, 2.75) is 39.5 Å². The molecule has 1 aliphatic carbocycles. The zero-order valence-electron chi connectivity index (χ0n) is 9.68. The first kappa shape index (κ1) is 11.7. The van der Waals surface area contributed by atoms with Gasteiger partial charge in [0.15, 0.2) is 0 Å². The Morgan fingerprint density at radius 2 is 1.93 bits per heavy atom. The fraction of sp³-hybridized carbons (Fsp3) is 0.917. The summed E-state index contributed by atoms with van der Waals surface area (Å²) < 4.78 is 0. The van der Waals surface area contributed by atoms with Gasteiger partial charge in [-0.05, 0) is 25.8 Å². The highest BCUT2D eigenvalue weighted by Gasteiger charge is 2.26. The predicted octanol–water partition coefficient (Wildman–Crippen LogP) is 2.24. The maximum absolute atomic E-state index is 12.0. The summed E-state index contributed by atoms with van der Waals surface area (Å²) in [5.41, 5.74) is 0. The third kappa shape index (κ3) is 3.09. The first-order chi connectivity index (χ1) is 6.65. The quantitative estimate of drug-likeness (QED) is 0.749. The third-order valence-electron chi connectivity index (χ3n) is 3.41. The molecule has 14 heavy (non-hydrogen) atoms. The lowest BCUT2D eigenvalue weighted by Gasteiger charge is -2.27. The highest BCUT2D eigenvalue weighted by atomic mass is 16.1. The van der Waals surface area contributed by atoms with E-state index in [4.69, 9.17) is 0 Å². The fourth-order valence-corrected chi connectivity index (χ4v) is 2.35. The minimum absolute atomic E-state index is 0.193.